The lowest BCUT2D eigenvalue weighted by atomic mass is 10.2. The summed E-state index contributed by atoms with van der Waals surface area (Å²) in [5.74, 6) is 0. The summed E-state index contributed by atoms with van der Waals surface area (Å²) in [6, 6.07) is 0. The van der Waals surface area contributed by atoms with E-state index in [1.165, 1.54) is 30.6 Å². The van der Waals surface area contributed by atoms with Gasteiger partial charge in [-0.2, -0.15) is 0 Å². The molecular formula is C23H47NO7. The quantitative estimate of drug-likeness (QED) is 0.246. The highest BCUT2D eigenvalue weighted by Gasteiger charge is 2.19. The van der Waals surface area contributed by atoms with Crippen LogP contribution < -0.4 is 0 Å². The van der Waals surface area contributed by atoms with Gasteiger partial charge in [0.2, 0.25) is 0 Å². The molecule has 0 rings (SSSR count). The summed E-state index contributed by atoms with van der Waals surface area (Å²) in [5.41, 5.74) is -0.490. The van der Waals surface area contributed by atoms with Crippen LogP contribution in [0.3, 0.4) is 0 Å². The zero-order valence-electron chi connectivity index (χ0n) is 20.6. The molecule has 0 spiro atoms. The molecule has 0 saturated heterocycles. The van der Waals surface area contributed by atoms with E-state index in [2.05, 4.69) is 6.92 Å². The lowest BCUT2D eigenvalue weighted by Gasteiger charge is -2.24. The lowest BCUT2D eigenvalue weighted by molar-refractivity contribution is -0.0132. The van der Waals surface area contributed by atoms with E-state index in [4.69, 9.17) is 28.4 Å². The van der Waals surface area contributed by atoms with Crippen LogP contribution in [-0.2, 0) is 28.4 Å². The van der Waals surface area contributed by atoms with Crippen LogP contribution in [-0.4, -0.2) is 96.3 Å². The Bertz CT molecular complexity index is 402. The monoisotopic (exact) mass is 449 g/mol. The van der Waals surface area contributed by atoms with Gasteiger partial charge in [-0.15, -0.1) is 0 Å². The predicted octanol–water partition coefficient (Wildman–Crippen LogP) is 3.91. The second kappa shape index (κ2) is 20.9. The van der Waals surface area contributed by atoms with Gasteiger partial charge in [-0.1, -0.05) is 32.6 Å². The van der Waals surface area contributed by atoms with Crippen molar-refractivity contribution in [2.75, 3.05) is 79.7 Å². The fourth-order valence-electron chi connectivity index (χ4n) is 2.42. The Balaban J connectivity index is 3.21. The van der Waals surface area contributed by atoms with Crippen molar-refractivity contribution in [3.63, 3.8) is 0 Å². The summed E-state index contributed by atoms with van der Waals surface area (Å²) in [6.07, 6.45) is 5.93. The first-order valence-electron chi connectivity index (χ1n) is 11.7. The van der Waals surface area contributed by atoms with Gasteiger partial charge in [-0.05, 0) is 27.2 Å². The fraction of sp³-hybridized carbons (Fsp3) is 0.957. The predicted molar refractivity (Wildman–Crippen MR) is 122 cm³/mol. The van der Waals surface area contributed by atoms with E-state index in [-0.39, 0.29) is 6.09 Å². The topological polar surface area (TPSA) is 75.7 Å². The van der Waals surface area contributed by atoms with Gasteiger partial charge in [0.05, 0.1) is 59.5 Å². The number of amides is 1. The molecule has 0 N–H and O–H groups in total. The van der Waals surface area contributed by atoms with Gasteiger partial charge in [-0.25, -0.2) is 4.79 Å². The van der Waals surface area contributed by atoms with Crippen LogP contribution in [0.5, 0.6) is 0 Å². The Morgan fingerprint density at radius 2 is 1.06 bits per heavy atom. The first-order valence-corrected chi connectivity index (χ1v) is 11.7. The minimum absolute atomic E-state index is 0.348. The molecule has 31 heavy (non-hydrogen) atoms. The molecule has 0 radical (unpaired) electrons. The zero-order valence-corrected chi connectivity index (χ0v) is 20.6. The molecule has 0 unspecified atom stereocenters. The van der Waals surface area contributed by atoms with Crippen LogP contribution in [0.4, 0.5) is 4.79 Å². The van der Waals surface area contributed by atoms with Gasteiger partial charge in [0.1, 0.15) is 5.60 Å². The molecule has 0 atom stereocenters. The SMILES string of the molecule is CCCCCCCOCCOCCOCCOCCOCCN(C)C(=O)OC(C)(C)C. The van der Waals surface area contributed by atoms with Crippen molar-refractivity contribution < 1.29 is 33.2 Å². The molecule has 0 aliphatic carbocycles. The number of ether oxygens (including phenoxy) is 6. The van der Waals surface area contributed by atoms with Gasteiger partial charge in [0.25, 0.3) is 0 Å². The van der Waals surface area contributed by atoms with E-state index in [0.717, 1.165) is 13.0 Å². The third-order valence-electron chi connectivity index (χ3n) is 4.16. The second-order valence-electron chi connectivity index (χ2n) is 8.38. The Morgan fingerprint density at radius 1 is 0.645 bits per heavy atom. The summed E-state index contributed by atoms with van der Waals surface area (Å²) in [7, 11) is 1.69. The number of carbonyl (C=O) groups is 1. The highest BCUT2D eigenvalue weighted by molar-refractivity contribution is 5.67. The maximum atomic E-state index is 11.8. The molecule has 0 saturated carbocycles. The van der Waals surface area contributed by atoms with Gasteiger partial charge in [-0.3, -0.25) is 0 Å². The second-order valence-corrected chi connectivity index (χ2v) is 8.38. The van der Waals surface area contributed by atoms with Gasteiger partial charge < -0.3 is 33.3 Å². The number of likely N-dealkylation sites (N-methyl/N-ethyl adjacent to an activating group) is 1. The van der Waals surface area contributed by atoms with Crippen LogP contribution in [0, 0.1) is 0 Å². The fourth-order valence-corrected chi connectivity index (χ4v) is 2.42. The van der Waals surface area contributed by atoms with Crippen LogP contribution >= 0.6 is 0 Å². The summed E-state index contributed by atoms with van der Waals surface area (Å²) < 4.78 is 32.6. The van der Waals surface area contributed by atoms with Crippen LogP contribution in [0.25, 0.3) is 0 Å². The lowest BCUT2D eigenvalue weighted by Crippen LogP contribution is -2.36. The summed E-state index contributed by atoms with van der Waals surface area (Å²) >= 11 is 0. The van der Waals surface area contributed by atoms with Crippen molar-refractivity contribution in [3.8, 4) is 0 Å². The van der Waals surface area contributed by atoms with Crippen molar-refractivity contribution in [3.05, 3.63) is 0 Å². The van der Waals surface area contributed by atoms with Crippen molar-refractivity contribution >= 4 is 6.09 Å². The standard InChI is InChI=1S/C23H47NO7/c1-6-7-8-9-10-12-26-14-16-28-18-20-30-21-19-29-17-15-27-13-11-24(5)22(25)31-23(2,3)4/h6-21H2,1-5H3. The van der Waals surface area contributed by atoms with Crippen molar-refractivity contribution in [2.45, 2.75) is 65.4 Å². The molecule has 0 aliphatic rings. The number of nitrogens with zero attached hydrogens (tertiary/aromatic N) is 1. The maximum absolute atomic E-state index is 11.8. The van der Waals surface area contributed by atoms with Crippen LogP contribution in [0.1, 0.15) is 59.8 Å². The Kier molecular flexibility index (Phi) is 20.3. The molecule has 1 amide bonds. The normalized spacial score (nSPS) is 11.6. The number of rotatable bonds is 21. The highest BCUT2D eigenvalue weighted by Crippen LogP contribution is 2.08. The first-order chi connectivity index (χ1) is 14.9. The molecule has 0 bridgehead atoms. The van der Waals surface area contributed by atoms with E-state index in [1.807, 2.05) is 20.8 Å². The first kappa shape index (κ1) is 30.1. The molecule has 0 aliphatic heterocycles. The summed E-state index contributed by atoms with van der Waals surface area (Å²) in [6.45, 7) is 13.9. The Morgan fingerprint density at radius 3 is 1.52 bits per heavy atom. The van der Waals surface area contributed by atoms with E-state index in [0.29, 0.717) is 66.0 Å². The smallest absolute Gasteiger partial charge is 0.410 e. The minimum Gasteiger partial charge on any atom is -0.444 e. The summed E-state index contributed by atoms with van der Waals surface area (Å²) in [5, 5.41) is 0. The van der Waals surface area contributed by atoms with E-state index >= 15 is 0 Å². The van der Waals surface area contributed by atoms with Gasteiger partial charge >= 0.3 is 6.09 Å². The Hall–Kier alpha value is -0.930. The molecule has 0 aromatic carbocycles. The highest BCUT2D eigenvalue weighted by atomic mass is 16.6. The van der Waals surface area contributed by atoms with Crippen molar-refractivity contribution in [2.24, 2.45) is 0 Å². The van der Waals surface area contributed by atoms with E-state index < -0.39 is 5.60 Å². The van der Waals surface area contributed by atoms with Gasteiger partial charge in [0.15, 0.2) is 0 Å². The largest absolute Gasteiger partial charge is 0.444 e. The molecule has 8 heteroatoms. The van der Waals surface area contributed by atoms with E-state index in [9.17, 15) is 4.79 Å². The maximum Gasteiger partial charge on any atom is 0.410 e. The molecule has 0 heterocycles. The average Bonchev–Trinajstić information content (AvgIpc) is 2.71. The van der Waals surface area contributed by atoms with E-state index in [1.54, 1.807) is 7.05 Å². The molecule has 0 aromatic rings. The van der Waals surface area contributed by atoms with Crippen LogP contribution in [0.2, 0.25) is 0 Å². The summed E-state index contributed by atoms with van der Waals surface area (Å²) in [4.78, 5) is 13.3. The molecule has 8 nitrogen and oxygen atoms in total. The van der Waals surface area contributed by atoms with Crippen molar-refractivity contribution in [1.82, 2.24) is 4.90 Å². The van der Waals surface area contributed by atoms with Crippen LogP contribution in [0.15, 0.2) is 0 Å². The third kappa shape index (κ3) is 23.6. The Labute approximate surface area is 189 Å². The number of unbranched alkanes of at least 4 members (excludes halogenated alkanes) is 4. The average molecular weight is 450 g/mol. The van der Waals surface area contributed by atoms with Gasteiger partial charge in [0, 0.05) is 20.2 Å². The minimum atomic E-state index is -0.490. The number of hydrogen-bond acceptors (Lipinski definition) is 7. The molecule has 0 fully saturated rings. The molecule has 0 aromatic heterocycles. The number of hydrogen-bond donors (Lipinski definition) is 0. The van der Waals surface area contributed by atoms with Crippen molar-refractivity contribution in [1.29, 1.82) is 0 Å². The number of carbonyl (C=O) groups excluding carboxylic acids is 1. The zero-order chi connectivity index (χ0) is 23.2. The third-order valence-corrected chi connectivity index (χ3v) is 4.16. The molecular weight excluding hydrogens is 402 g/mol. The molecule has 186 valence electrons.